The van der Waals surface area contributed by atoms with E-state index in [1.165, 1.54) is 16.2 Å². The number of hydrogen-bond donors (Lipinski definition) is 0. The minimum absolute atomic E-state index is 0.167. The van der Waals surface area contributed by atoms with Gasteiger partial charge in [0.1, 0.15) is 0 Å². The minimum atomic E-state index is -0.312. The van der Waals surface area contributed by atoms with Crippen LogP contribution in [0, 0.1) is 5.92 Å². The van der Waals surface area contributed by atoms with E-state index in [0.29, 0.717) is 16.6 Å². The molecule has 1 aliphatic heterocycles. The minimum Gasteiger partial charge on any atom is -0.274 e. The standard InChI is InChI=1S/C14H11ClN2O2S/c15-11-3-1-9(2-4-11)7-10-8-12(18)17(13(10)19)14-16-5-6-20-14/h1-6,10H,7-8H2. The quantitative estimate of drug-likeness (QED) is 0.819. The summed E-state index contributed by atoms with van der Waals surface area (Å²) in [5, 5.41) is 2.87. The third-order valence-corrected chi connectivity index (χ3v) is 4.25. The highest BCUT2D eigenvalue weighted by atomic mass is 35.5. The molecule has 0 spiro atoms. The van der Waals surface area contributed by atoms with Crippen LogP contribution < -0.4 is 4.90 Å². The van der Waals surface area contributed by atoms with Crippen molar-refractivity contribution >= 4 is 39.9 Å². The van der Waals surface area contributed by atoms with E-state index in [1.54, 1.807) is 23.7 Å². The fourth-order valence-electron chi connectivity index (χ4n) is 2.29. The van der Waals surface area contributed by atoms with Crippen molar-refractivity contribution in [1.29, 1.82) is 0 Å². The summed E-state index contributed by atoms with van der Waals surface area (Å²) in [4.78, 5) is 29.6. The largest absolute Gasteiger partial charge is 0.274 e. The highest BCUT2D eigenvalue weighted by molar-refractivity contribution is 7.14. The maximum Gasteiger partial charge on any atom is 0.239 e. The lowest BCUT2D eigenvalue weighted by atomic mass is 9.98. The molecular weight excluding hydrogens is 296 g/mol. The molecule has 2 aromatic rings. The van der Waals surface area contributed by atoms with E-state index in [2.05, 4.69) is 4.98 Å². The van der Waals surface area contributed by atoms with Crippen molar-refractivity contribution < 1.29 is 9.59 Å². The molecule has 0 saturated carbocycles. The van der Waals surface area contributed by atoms with Gasteiger partial charge >= 0.3 is 0 Å². The molecule has 3 rings (SSSR count). The average Bonchev–Trinajstić information content (AvgIpc) is 3.02. The summed E-state index contributed by atoms with van der Waals surface area (Å²) in [7, 11) is 0. The topological polar surface area (TPSA) is 50.3 Å². The fourth-order valence-corrected chi connectivity index (χ4v) is 3.07. The number of benzene rings is 1. The van der Waals surface area contributed by atoms with Crippen LogP contribution >= 0.6 is 22.9 Å². The summed E-state index contributed by atoms with van der Waals surface area (Å²) in [6.07, 6.45) is 2.37. The number of carbonyl (C=O) groups excluding carboxylic acids is 2. The lowest BCUT2D eigenvalue weighted by molar-refractivity contribution is -0.122. The molecule has 1 unspecified atom stereocenters. The molecular formula is C14H11ClN2O2S. The number of imide groups is 1. The Kier molecular flexibility index (Phi) is 3.54. The Balaban J connectivity index is 1.78. The number of thiazole rings is 1. The van der Waals surface area contributed by atoms with Gasteiger partial charge in [-0.25, -0.2) is 9.88 Å². The van der Waals surface area contributed by atoms with Crippen molar-refractivity contribution in [1.82, 2.24) is 4.98 Å². The van der Waals surface area contributed by atoms with Crippen LogP contribution in [0.3, 0.4) is 0 Å². The predicted octanol–water partition coefficient (Wildman–Crippen LogP) is 2.92. The predicted molar refractivity (Wildman–Crippen MR) is 77.9 cm³/mol. The van der Waals surface area contributed by atoms with E-state index in [-0.39, 0.29) is 24.2 Å². The van der Waals surface area contributed by atoms with Gasteiger partial charge in [-0.05, 0) is 24.1 Å². The van der Waals surface area contributed by atoms with E-state index >= 15 is 0 Å². The van der Waals surface area contributed by atoms with Crippen molar-refractivity contribution in [3.05, 3.63) is 46.4 Å². The Morgan fingerprint density at radius 2 is 2.05 bits per heavy atom. The highest BCUT2D eigenvalue weighted by Gasteiger charge is 2.40. The zero-order chi connectivity index (χ0) is 14.1. The van der Waals surface area contributed by atoms with Gasteiger partial charge in [-0.2, -0.15) is 0 Å². The summed E-state index contributed by atoms with van der Waals surface area (Å²) in [6.45, 7) is 0. The van der Waals surface area contributed by atoms with Crippen LogP contribution in [0.1, 0.15) is 12.0 Å². The van der Waals surface area contributed by atoms with Gasteiger partial charge in [0.2, 0.25) is 11.8 Å². The lowest BCUT2D eigenvalue weighted by Gasteiger charge is -2.11. The molecule has 20 heavy (non-hydrogen) atoms. The molecule has 0 radical (unpaired) electrons. The molecule has 0 aliphatic carbocycles. The molecule has 1 saturated heterocycles. The van der Waals surface area contributed by atoms with Gasteiger partial charge in [-0.15, -0.1) is 11.3 Å². The van der Waals surface area contributed by atoms with Gasteiger partial charge in [0.05, 0.1) is 5.92 Å². The third kappa shape index (κ3) is 2.46. The van der Waals surface area contributed by atoms with Crippen molar-refractivity contribution in [3.8, 4) is 0 Å². The summed E-state index contributed by atoms with van der Waals surface area (Å²) < 4.78 is 0. The van der Waals surface area contributed by atoms with Crippen LogP contribution in [-0.4, -0.2) is 16.8 Å². The Hall–Kier alpha value is -1.72. The second-order valence-electron chi connectivity index (χ2n) is 4.61. The Labute approximate surface area is 125 Å². The maximum absolute atomic E-state index is 12.3. The molecule has 0 bridgehead atoms. The SMILES string of the molecule is O=C1CC(Cc2ccc(Cl)cc2)C(=O)N1c1nccs1. The highest BCUT2D eigenvalue weighted by Crippen LogP contribution is 2.30. The van der Waals surface area contributed by atoms with E-state index < -0.39 is 0 Å². The Morgan fingerprint density at radius 3 is 2.70 bits per heavy atom. The number of halogens is 1. The molecule has 0 N–H and O–H groups in total. The van der Waals surface area contributed by atoms with Crippen LogP contribution in [0.5, 0.6) is 0 Å². The summed E-state index contributed by atoms with van der Waals surface area (Å²) >= 11 is 7.13. The first-order valence-electron chi connectivity index (χ1n) is 6.16. The normalized spacial score (nSPS) is 18.9. The first-order valence-corrected chi connectivity index (χ1v) is 7.41. The van der Waals surface area contributed by atoms with Crippen molar-refractivity contribution in [3.63, 3.8) is 0 Å². The van der Waals surface area contributed by atoms with Gasteiger partial charge in [-0.1, -0.05) is 23.7 Å². The van der Waals surface area contributed by atoms with Gasteiger partial charge in [-0.3, -0.25) is 9.59 Å². The van der Waals surface area contributed by atoms with Crippen molar-refractivity contribution in [2.45, 2.75) is 12.8 Å². The number of carbonyl (C=O) groups is 2. The molecule has 1 aromatic heterocycles. The number of amides is 2. The van der Waals surface area contributed by atoms with Gasteiger partial charge in [0.25, 0.3) is 0 Å². The summed E-state index contributed by atoms with van der Waals surface area (Å²) in [6, 6.07) is 7.34. The van der Waals surface area contributed by atoms with E-state index in [9.17, 15) is 9.59 Å². The first kappa shape index (κ1) is 13.3. The number of nitrogens with zero attached hydrogens (tertiary/aromatic N) is 2. The molecule has 1 aliphatic rings. The van der Waals surface area contributed by atoms with E-state index in [1.807, 2.05) is 12.1 Å². The summed E-state index contributed by atoms with van der Waals surface area (Å²) in [5.74, 6) is -0.656. The third-order valence-electron chi connectivity index (χ3n) is 3.25. The Morgan fingerprint density at radius 1 is 1.30 bits per heavy atom. The zero-order valence-electron chi connectivity index (χ0n) is 10.5. The van der Waals surface area contributed by atoms with E-state index in [0.717, 1.165) is 5.56 Å². The Bertz CT molecular complexity index is 640. The van der Waals surface area contributed by atoms with Gasteiger partial charge < -0.3 is 0 Å². The number of rotatable bonds is 3. The average molecular weight is 307 g/mol. The molecule has 102 valence electrons. The van der Waals surface area contributed by atoms with Crippen molar-refractivity contribution in [2.24, 2.45) is 5.92 Å². The molecule has 4 nitrogen and oxygen atoms in total. The maximum atomic E-state index is 12.3. The second kappa shape index (κ2) is 5.34. The number of aromatic nitrogens is 1. The smallest absolute Gasteiger partial charge is 0.239 e. The van der Waals surface area contributed by atoms with Gasteiger partial charge in [0, 0.05) is 23.0 Å². The molecule has 2 amide bonds. The van der Waals surface area contributed by atoms with E-state index in [4.69, 9.17) is 11.6 Å². The van der Waals surface area contributed by atoms with Crippen LogP contribution in [-0.2, 0) is 16.0 Å². The first-order chi connectivity index (χ1) is 9.65. The molecule has 6 heteroatoms. The molecule has 1 aromatic carbocycles. The number of anilines is 1. The van der Waals surface area contributed by atoms with Crippen LogP contribution in [0.25, 0.3) is 0 Å². The lowest BCUT2D eigenvalue weighted by Crippen LogP contribution is -2.30. The monoisotopic (exact) mass is 306 g/mol. The summed E-state index contributed by atoms with van der Waals surface area (Å²) in [5.41, 5.74) is 1.00. The van der Waals surface area contributed by atoms with Crippen LogP contribution in [0.2, 0.25) is 5.02 Å². The molecule has 2 heterocycles. The van der Waals surface area contributed by atoms with Gasteiger partial charge in [0.15, 0.2) is 5.13 Å². The molecule has 1 fully saturated rings. The van der Waals surface area contributed by atoms with Crippen LogP contribution in [0.15, 0.2) is 35.8 Å². The second-order valence-corrected chi connectivity index (χ2v) is 5.92. The van der Waals surface area contributed by atoms with Crippen molar-refractivity contribution in [2.75, 3.05) is 4.90 Å². The fraction of sp³-hybridized carbons (Fsp3) is 0.214. The molecule has 1 atom stereocenters. The zero-order valence-corrected chi connectivity index (χ0v) is 12.0. The number of hydrogen-bond acceptors (Lipinski definition) is 4. The van der Waals surface area contributed by atoms with Crippen LogP contribution in [0.4, 0.5) is 5.13 Å².